The van der Waals surface area contributed by atoms with Crippen molar-refractivity contribution in [2.24, 2.45) is 23.7 Å². The molecule has 0 radical (unpaired) electrons. The lowest BCUT2D eigenvalue weighted by Gasteiger charge is -2.61. The van der Waals surface area contributed by atoms with Gasteiger partial charge in [0.05, 0.1) is 0 Å². The van der Waals surface area contributed by atoms with Gasteiger partial charge in [-0.2, -0.15) is 0 Å². The monoisotopic (exact) mass is 623 g/mol. The second-order valence-electron chi connectivity index (χ2n) is 14.4. The Morgan fingerprint density at radius 1 is 0.489 bits per heavy atom. The van der Waals surface area contributed by atoms with Gasteiger partial charge in [0, 0.05) is 42.3 Å². The summed E-state index contributed by atoms with van der Waals surface area (Å²) in [5, 5.41) is 2.59. The lowest BCUT2D eigenvalue weighted by Crippen LogP contribution is -2.55. The van der Waals surface area contributed by atoms with Crippen molar-refractivity contribution in [2.45, 2.75) is 37.5 Å². The first-order valence-corrected chi connectivity index (χ1v) is 18.0. The third-order valence-corrected chi connectivity index (χ3v) is 13.3. The van der Waals surface area contributed by atoms with E-state index in [2.05, 4.69) is 109 Å². The quantitative estimate of drug-likeness (QED) is 0.197. The summed E-state index contributed by atoms with van der Waals surface area (Å²) in [5.41, 5.74) is 9.10. The Kier molecular flexibility index (Phi) is 5.44. The molecular formula is C43H33N3S. The molecular weight excluding hydrogens is 591 g/mol. The highest BCUT2D eigenvalue weighted by molar-refractivity contribution is 7.25. The molecule has 2 heterocycles. The number of nitrogens with zero attached hydrogens (tertiary/aromatic N) is 3. The van der Waals surface area contributed by atoms with Crippen molar-refractivity contribution in [1.82, 2.24) is 15.0 Å². The molecule has 0 saturated heterocycles. The van der Waals surface area contributed by atoms with Gasteiger partial charge in [-0.05, 0) is 90.2 Å². The normalized spacial score (nSPS) is 25.1. The molecule has 5 aromatic carbocycles. The topological polar surface area (TPSA) is 38.7 Å². The minimum absolute atomic E-state index is 0.111. The van der Waals surface area contributed by atoms with Crippen LogP contribution in [0.1, 0.15) is 43.2 Å². The first-order chi connectivity index (χ1) is 23.2. The highest BCUT2D eigenvalue weighted by Gasteiger charge is 2.61. The van der Waals surface area contributed by atoms with E-state index in [1.807, 2.05) is 17.4 Å². The van der Waals surface area contributed by atoms with Gasteiger partial charge in [0.2, 0.25) is 0 Å². The standard InChI is InChI=1S/C43H33N3S/c1-2-9-27(10-3-1)40-44-41(28-17-18-32-31-11-5-7-16-37(31)47-38(32)24-28)46-42(45-40)34-13-8-15-36-39(34)33-12-4-6-14-35(33)43(36)29-20-25-19-26(22-29)23-30(43)21-25/h1-18,24-26,29-30H,19-23H2. The van der Waals surface area contributed by atoms with Crippen molar-refractivity contribution in [3.8, 4) is 45.3 Å². The van der Waals surface area contributed by atoms with Crippen molar-refractivity contribution < 1.29 is 0 Å². The predicted molar refractivity (Wildman–Crippen MR) is 192 cm³/mol. The summed E-state index contributed by atoms with van der Waals surface area (Å²) in [4.78, 5) is 15.7. The average Bonchev–Trinajstić information content (AvgIpc) is 3.64. The van der Waals surface area contributed by atoms with Crippen LogP contribution in [0.5, 0.6) is 0 Å². The van der Waals surface area contributed by atoms with Crippen molar-refractivity contribution >= 4 is 31.5 Å². The summed E-state index contributed by atoms with van der Waals surface area (Å²) in [7, 11) is 0. The van der Waals surface area contributed by atoms with E-state index in [1.165, 1.54) is 69.0 Å². The molecule has 0 amide bonds. The zero-order chi connectivity index (χ0) is 30.7. The third-order valence-electron chi connectivity index (χ3n) is 12.1. The van der Waals surface area contributed by atoms with Crippen LogP contribution < -0.4 is 0 Å². The summed E-state index contributed by atoms with van der Waals surface area (Å²) in [5.74, 6) is 5.48. The van der Waals surface area contributed by atoms with E-state index in [4.69, 9.17) is 15.0 Å². The number of hydrogen-bond acceptors (Lipinski definition) is 4. The Labute approximate surface area is 278 Å². The molecule has 0 aliphatic heterocycles. The molecule has 4 saturated carbocycles. The predicted octanol–water partition coefficient (Wildman–Crippen LogP) is 11.0. The van der Waals surface area contributed by atoms with E-state index in [0.717, 1.165) is 57.8 Å². The van der Waals surface area contributed by atoms with Crippen LogP contribution in [0.3, 0.4) is 0 Å². The van der Waals surface area contributed by atoms with Gasteiger partial charge >= 0.3 is 0 Å². The molecule has 4 heteroatoms. The van der Waals surface area contributed by atoms with Gasteiger partial charge in [0.25, 0.3) is 0 Å². The van der Waals surface area contributed by atoms with Crippen LogP contribution in [0.2, 0.25) is 0 Å². The second kappa shape index (κ2) is 9.68. The largest absolute Gasteiger partial charge is 0.208 e. The number of hydrogen-bond donors (Lipinski definition) is 0. The van der Waals surface area contributed by atoms with Gasteiger partial charge < -0.3 is 0 Å². The highest BCUT2D eigenvalue weighted by Crippen LogP contribution is 2.69. The summed E-state index contributed by atoms with van der Waals surface area (Å²) < 4.78 is 2.56. The van der Waals surface area contributed by atoms with Crippen molar-refractivity contribution in [3.63, 3.8) is 0 Å². The Bertz CT molecular complexity index is 2360. The lowest BCUT2D eigenvalue weighted by molar-refractivity contribution is -0.0399. The first kappa shape index (κ1) is 26.4. The summed E-state index contributed by atoms with van der Waals surface area (Å²) >= 11 is 1.83. The summed E-state index contributed by atoms with van der Waals surface area (Å²) in [6.07, 6.45) is 6.96. The molecule has 4 bridgehead atoms. The van der Waals surface area contributed by atoms with Crippen LogP contribution in [0.4, 0.5) is 0 Å². The van der Waals surface area contributed by atoms with E-state index < -0.39 is 0 Å². The molecule has 5 aliphatic rings. The molecule has 0 unspecified atom stereocenters. The number of fused-ring (bicyclic) bond motifs is 6. The smallest absolute Gasteiger partial charge is 0.164 e. The number of rotatable bonds is 3. The molecule has 4 fully saturated rings. The zero-order valence-electron chi connectivity index (χ0n) is 26.1. The molecule has 3 nitrogen and oxygen atoms in total. The average molecular weight is 624 g/mol. The van der Waals surface area contributed by atoms with E-state index >= 15 is 0 Å². The Morgan fingerprint density at radius 3 is 1.96 bits per heavy atom. The summed E-state index contributed by atoms with van der Waals surface area (Å²) in [6.45, 7) is 0. The van der Waals surface area contributed by atoms with Crippen LogP contribution in [0, 0.1) is 23.7 Å². The van der Waals surface area contributed by atoms with Crippen LogP contribution in [-0.4, -0.2) is 15.0 Å². The van der Waals surface area contributed by atoms with Crippen LogP contribution in [0.25, 0.3) is 65.5 Å². The molecule has 7 aromatic rings. The molecule has 226 valence electrons. The number of thiophene rings is 1. The van der Waals surface area contributed by atoms with E-state index in [-0.39, 0.29) is 5.41 Å². The van der Waals surface area contributed by atoms with E-state index in [9.17, 15) is 0 Å². The molecule has 2 aromatic heterocycles. The van der Waals surface area contributed by atoms with Crippen LogP contribution >= 0.6 is 11.3 Å². The van der Waals surface area contributed by atoms with E-state index in [1.54, 1.807) is 5.56 Å². The third kappa shape index (κ3) is 3.65. The minimum Gasteiger partial charge on any atom is -0.208 e. The number of aromatic nitrogens is 3. The Morgan fingerprint density at radius 2 is 1.13 bits per heavy atom. The van der Waals surface area contributed by atoms with Gasteiger partial charge in [-0.3, -0.25) is 0 Å². The fraction of sp³-hybridized carbons (Fsp3) is 0.233. The maximum absolute atomic E-state index is 5.32. The van der Waals surface area contributed by atoms with Gasteiger partial charge in [0.15, 0.2) is 17.5 Å². The van der Waals surface area contributed by atoms with Crippen molar-refractivity contribution in [1.29, 1.82) is 0 Å². The van der Waals surface area contributed by atoms with Gasteiger partial charge in [0.1, 0.15) is 0 Å². The molecule has 12 rings (SSSR count). The van der Waals surface area contributed by atoms with Crippen molar-refractivity contribution in [3.05, 3.63) is 126 Å². The maximum Gasteiger partial charge on any atom is 0.164 e. The molecule has 5 aliphatic carbocycles. The fourth-order valence-corrected chi connectivity index (χ4v) is 11.7. The van der Waals surface area contributed by atoms with Gasteiger partial charge in [-0.15, -0.1) is 11.3 Å². The zero-order valence-corrected chi connectivity index (χ0v) is 26.9. The SMILES string of the molecule is c1ccc(-c2nc(-c3ccc4c(c3)sc3ccccc34)nc(-c3cccc4c3-c3ccccc3C43C4CC5CC(C4)CC3C5)n2)cc1. The van der Waals surface area contributed by atoms with Crippen LogP contribution in [0.15, 0.2) is 115 Å². The lowest BCUT2D eigenvalue weighted by atomic mass is 9.43. The van der Waals surface area contributed by atoms with Crippen molar-refractivity contribution in [2.75, 3.05) is 0 Å². The maximum atomic E-state index is 5.32. The number of benzene rings is 5. The Hall–Kier alpha value is -4.67. The van der Waals surface area contributed by atoms with E-state index in [0.29, 0.717) is 0 Å². The fourth-order valence-electron chi connectivity index (χ4n) is 10.6. The molecule has 0 N–H and O–H groups in total. The van der Waals surface area contributed by atoms with Gasteiger partial charge in [-0.1, -0.05) is 103 Å². The summed E-state index contributed by atoms with van der Waals surface area (Å²) in [6, 6.07) is 42.0. The molecule has 0 atom stereocenters. The molecule has 47 heavy (non-hydrogen) atoms. The first-order valence-electron chi connectivity index (χ1n) is 17.2. The van der Waals surface area contributed by atoms with Crippen LogP contribution in [-0.2, 0) is 5.41 Å². The molecule has 1 spiro atoms. The highest BCUT2D eigenvalue weighted by atomic mass is 32.1. The Balaban J connectivity index is 1.14. The second-order valence-corrected chi connectivity index (χ2v) is 15.5. The minimum atomic E-state index is 0.111. The van der Waals surface area contributed by atoms with Gasteiger partial charge in [-0.25, -0.2) is 15.0 Å².